The van der Waals surface area contributed by atoms with Crippen molar-refractivity contribution in [2.75, 3.05) is 5.32 Å². The van der Waals surface area contributed by atoms with E-state index in [0.717, 1.165) is 10.2 Å². The van der Waals surface area contributed by atoms with E-state index in [0.29, 0.717) is 5.69 Å². The Morgan fingerprint density at radius 3 is 2.75 bits per heavy atom. The maximum absolute atomic E-state index is 11.6. The van der Waals surface area contributed by atoms with Crippen LogP contribution in [0, 0.1) is 0 Å². The number of carbonyl (C=O) groups is 1. The van der Waals surface area contributed by atoms with Crippen LogP contribution >= 0.6 is 15.9 Å². The molecule has 0 saturated heterocycles. The minimum atomic E-state index is -0.115. The van der Waals surface area contributed by atoms with Gasteiger partial charge in [0.05, 0.1) is 12.1 Å². The van der Waals surface area contributed by atoms with Crippen molar-refractivity contribution in [2.24, 2.45) is 0 Å². The van der Waals surface area contributed by atoms with Crippen molar-refractivity contribution in [3.05, 3.63) is 47.1 Å². The summed E-state index contributed by atoms with van der Waals surface area (Å²) in [5, 5.41) is 2.77. The standard InChI is InChI=1S/C11H9BrN2O2/c12-8-1-3-9(4-2-8)14-11(15)5-10-6-16-7-13-10/h1-4,6-7H,5H2,(H,14,15). The van der Waals surface area contributed by atoms with Crippen LogP contribution in [0.4, 0.5) is 5.69 Å². The molecule has 0 saturated carbocycles. The molecule has 82 valence electrons. The molecule has 1 aromatic heterocycles. The maximum Gasteiger partial charge on any atom is 0.230 e. The van der Waals surface area contributed by atoms with Crippen LogP contribution in [0.25, 0.3) is 0 Å². The lowest BCUT2D eigenvalue weighted by atomic mass is 10.3. The highest BCUT2D eigenvalue weighted by molar-refractivity contribution is 9.10. The molecule has 1 heterocycles. The van der Waals surface area contributed by atoms with Crippen molar-refractivity contribution < 1.29 is 9.21 Å². The molecule has 0 fully saturated rings. The minimum Gasteiger partial charge on any atom is -0.451 e. The molecule has 1 N–H and O–H groups in total. The van der Waals surface area contributed by atoms with Crippen LogP contribution in [0.3, 0.4) is 0 Å². The van der Waals surface area contributed by atoms with E-state index in [1.165, 1.54) is 12.7 Å². The molecule has 1 amide bonds. The van der Waals surface area contributed by atoms with Crippen molar-refractivity contribution in [3.63, 3.8) is 0 Å². The van der Waals surface area contributed by atoms with Gasteiger partial charge in [0.15, 0.2) is 6.39 Å². The van der Waals surface area contributed by atoms with E-state index in [1.54, 1.807) is 0 Å². The third-order valence-electron chi connectivity index (χ3n) is 1.95. The summed E-state index contributed by atoms with van der Waals surface area (Å²) >= 11 is 3.33. The lowest BCUT2D eigenvalue weighted by molar-refractivity contribution is -0.115. The van der Waals surface area contributed by atoms with Gasteiger partial charge >= 0.3 is 0 Å². The van der Waals surface area contributed by atoms with Crippen LogP contribution in [0.1, 0.15) is 5.69 Å². The molecule has 2 aromatic rings. The molecule has 0 aliphatic rings. The monoisotopic (exact) mass is 280 g/mol. The summed E-state index contributed by atoms with van der Waals surface area (Å²) < 4.78 is 5.76. The molecule has 4 nitrogen and oxygen atoms in total. The molecule has 1 aromatic carbocycles. The molecule has 5 heteroatoms. The van der Waals surface area contributed by atoms with Gasteiger partial charge in [0.2, 0.25) is 5.91 Å². The van der Waals surface area contributed by atoms with E-state index in [2.05, 4.69) is 26.2 Å². The lowest BCUT2D eigenvalue weighted by Gasteiger charge is -2.03. The predicted octanol–water partition coefficient (Wildman–Crippen LogP) is 2.62. The van der Waals surface area contributed by atoms with E-state index in [-0.39, 0.29) is 12.3 Å². The Kier molecular flexibility index (Phi) is 3.36. The van der Waals surface area contributed by atoms with Crippen LogP contribution in [-0.4, -0.2) is 10.9 Å². The summed E-state index contributed by atoms with van der Waals surface area (Å²) in [4.78, 5) is 15.4. The third kappa shape index (κ3) is 2.93. The quantitative estimate of drug-likeness (QED) is 0.940. The summed E-state index contributed by atoms with van der Waals surface area (Å²) in [7, 11) is 0. The molecule has 2 rings (SSSR count). The van der Waals surface area contributed by atoms with Gasteiger partial charge in [-0.3, -0.25) is 4.79 Å². The number of hydrogen-bond donors (Lipinski definition) is 1. The SMILES string of the molecule is O=C(Cc1cocn1)Nc1ccc(Br)cc1. The van der Waals surface area contributed by atoms with E-state index >= 15 is 0 Å². The number of oxazole rings is 1. The van der Waals surface area contributed by atoms with E-state index in [4.69, 9.17) is 4.42 Å². The number of benzene rings is 1. The van der Waals surface area contributed by atoms with E-state index in [9.17, 15) is 4.79 Å². The van der Waals surface area contributed by atoms with Gasteiger partial charge in [0, 0.05) is 10.2 Å². The van der Waals surface area contributed by atoms with Crippen molar-refractivity contribution in [3.8, 4) is 0 Å². The number of rotatable bonds is 3. The van der Waals surface area contributed by atoms with Crippen molar-refractivity contribution in [2.45, 2.75) is 6.42 Å². The molecule has 0 aliphatic heterocycles. The lowest BCUT2D eigenvalue weighted by Crippen LogP contribution is -2.14. The minimum absolute atomic E-state index is 0.115. The van der Waals surface area contributed by atoms with Crippen LogP contribution in [-0.2, 0) is 11.2 Å². The topological polar surface area (TPSA) is 55.1 Å². The van der Waals surface area contributed by atoms with Gasteiger partial charge in [-0.2, -0.15) is 0 Å². The molecule has 0 spiro atoms. The van der Waals surface area contributed by atoms with Crippen molar-refractivity contribution in [1.29, 1.82) is 0 Å². The molecular weight excluding hydrogens is 272 g/mol. The first kappa shape index (κ1) is 10.9. The number of amides is 1. The van der Waals surface area contributed by atoms with Gasteiger partial charge < -0.3 is 9.73 Å². The molecule has 0 radical (unpaired) electrons. The van der Waals surface area contributed by atoms with Crippen molar-refractivity contribution >= 4 is 27.5 Å². The number of aromatic nitrogens is 1. The van der Waals surface area contributed by atoms with E-state index in [1.807, 2.05) is 24.3 Å². The zero-order valence-corrected chi connectivity index (χ0v) is 9.90. The first-order valence-corrected chi connectivity index (χ1v) is 5.46. The Morgan fingerprint density at radius 2 is 2.12 bits per heavy atom. The Morgan fingerprint density at radius 1 is 1.38 bits per heavy atom. The zero-order chi connectivity index (χ0) is 11.4. The van der Waals surface area contributed by atoms with Gasteiger partial charge in [-0.25, -0.2) is 4.98 Å². The Labute approximate surface area is 101 Å². The van der Waals surface area contributed by atoms with Gasteiger partial charge in [-0.1, -0.05) is 15.9 Å². The average Bonchev–Trinajstić information content (AvgIpc) is 2.74. The average molecular weight is 281 g/mol. The molecule has 0 unspecified atom stereocenters. The second-order valence-electron chi connectivity index (χ2n) is 3.21. The highest BCUT2D eigenvalue weighted by Gasteiger charge is 2.05. The largest absolute Gasteiger partial charge is 0.451 e. The highest BCUT2D eigenvalue weighted by Crippen LogP contribution is 2.14. The molecule has 0 atom stereocenters. The summed E-state index contributed by atoms with van der Waals surface area (Å²) in [6.07, 6.45) is 2.98. The van der Waals surface area contributed by atoms with Crippen LogP contribution < -0.4 is 5.32 Å². The number of nitrogens with zero attached hydrogens (tertiary/aromatic N) is 1. The fourth-order valence-corrected chi connectivity index (χ4v) is 1.49. The summed E-state index contributed by atoms with van der Waals surface area (Å²) in [6, 6.07) is 7.38. The van der Waals surface area contributed by atoms with Gasteiger partial charge in [0.1, 0.15) is 6.26 Å². The fourth-order valence-electron chi connectivity index (χ4n) is 1.23. The van der Waals surface area contributed by atoms with E-state index < -0.39 is 0 Å². The molecule has 0 aliphatic carbocycles. The number of nitrogens with one attached hydrogen (secondary N) is 1. The molecule has 16 heavy (non-hydrogen) atoms. The van der Waals surface area contributed by atoms with Gasteiger partial charge in [-0.15, -0.1) is 0 Å². The number of anilines is 1. The van der Waals surface area contributed by atoms with Crippen LogP contribution in [0.2, 0.25) is 0 Å². The first-order chi connectivity index (χ1) is 7.74. The Hall–Kier alpha value is -1.62. The smallest absolute Gasteiger partial charge is 0.230 e. The summed E-state index contributed by atoms with van der Waals surface area (Å²) in [5.74, 6) is -0.115. The number of halogens is 1. The van der Waals surface area contributed by atoms with Crippen molar-refractivity contribution in [1.82, 2.24) is 4.98 Å². The second kappa shape index (κ2) is 4.94. The normalized spacial score (nSPS) is 10.1. The highest BCUT2D eigenvalue weighted by atomic mass is 79.9. The fraction of sp³-hybridized carbons (Fsp3) is 0.0909. The van der Waals surface area contributed by atoms with Crippen LogP contribution in [0.5, 0.6) is 0 Å². The Bertz CT molecular complexity index is 465. The maximum atomic E-state index is 11.6. The second-order valence-corrected chi connectivity index (χ2v) is 4.13. The molecular formula is C11H9BrN2O2. The van der Waals surface area contributed by atoms with Gasteiger partial charge in [0.25, 0.3) is 0 Å². The summed E-state index contributed by atoms with van der Waals surface area (Å²) in [6.45, 7) is 0. The van der Waals surface area contributed by atoms with Crippen LogP contribution in [0.15, 0.2) is 45.8 Å². The number of hydrogen-bond acceptors (Lipinski definition) is 3. The predicted molar refractivity (Wildman–Crippen MR) is 63.0 cm³/mol. The zero-order valence-electron chi connectivity index (χ0n) is 8.31. The number of carbonyl (C=O) groups excluding carboxylic acids is 1. The summed E-state index contributed by atoms with van der Waals surface area (Å²) in [5.41, 5.74) is 1.38. The van der Waals surface area contributed by atoms with Gasteiger partial charge in [-0.05, 0) is 24.3 Å². The third-order valence-corrected chi connectivity index (χ3v) is 2.48. The molecule has 0 bridgehead atoms. The Balaban J connectivity index is 1.95. The first-order valence-electron chi connectivity index (χ1n) is 4.66.